The smallest absolute Gasteiger partial charge is 0.410 e. The van der Waals surface area contributed by atoms with Crippen molar-refractivity contribution in [3.05, 3.63) is 35.9 Å². The fourth-order valence-electron chi connectivity index (χ4n) is 1.10. The summed E-state index contributed by atoms with van der Waals surface area (Å²) in [6.07, 6.45) is -0.647. The van der Waals surface area contributed by atoms with Gasteiger partial charge in [-0.1, -0.05) is 30.3 Å². The summed E-state index contributed by atoms with van der Waals surface area (Å²) in [6.45, 7) is -0.225. The molecule has 0 aliphatic heterocycles. The lowest BCUT2D eigenvalue weighted by molar-refractivity contribution is -0.137. The topological polar surface area (TPSA) is 66.8 Å². The zero-order valence-corrected chi connectivity index (χ0v) is 10.1. The van der Waals surface area contributed by atoms with Gasteiger partial charge < -0.3 is 14.7 Å². The summed E-state index contributed by atoms with van der Waals surface area (Å²) in [5.41, 5.74) is 0.861. The van der Waals surface area contributed by atoms with Gasteiger partial charge in [0.15, 0.2) is 0 Å². The summed E-state index contributed by atoms with van der Waals surface area (Å²) >= 11 is 0. The van der Waals surface area contributed by atoms with Crippen molar-refractivity contribution < 1.29 is 19.4 Å². The number of rotatable bonds is 4. The molecule has 0 radical (unpaired) electrons. The summed E-state index contributed by atoms with van der Waals surface area (Å²) in [4.78, 5) is 22.6. The van der Waals surface area contributed by atoms with Crippen LogP contribution in [-0.2, 0) is 16.1 Å². The molecule has 1 amide bonds. The minimum Gasteiger partial charge on any atom is -0.480 e. The van der Waals surface area contributed by atoms with Crippen LogP contribution in [0.1, 0.15) is 5.56 Å². The zero-order valence-electron chi connectivity index (χ0n) is 9.33. The van der Waals surface area contributed by atoms with Gasteiger partial charge in [0.05, 0.1) is 0 Å². The molecule has 0 saturated heterocycles. The van der Waals surface area contributed by atoms with Crippen LogP contribution in [0.4, 0.5) is 4.79 Å². The van der Waals surface area contributed by atoms with Crippen LogP contribution in [0, 0.1) is 0 Å². The Labute approximate surface area is 105 Å². The normalized spacial score (nSPS) is 9.00. The fourth-order valence-corrected chi connectivity index (χ4v) is 1.10. The van der Waals surface area contributed by atoms with Gasteiger partial charge in [-0.3, -0.25) is 4.79 Å². The summed E-state index contributed by atoms with van der Waals surface area (Å²) in [6, 6.07) is 9.19. The van der Waals surface area contributed by atoms with Gasteiger partial charge in [-0.25, -0.2) is 4.79 Å². The van der Waals surface area contributed by atoms with E-state index in [0.29, 0.717) is 0 Å². The maximum atomic E-state index is 11.3. The third kappa shape index (κ3) is 5.77. The Kier molecular flexibility index (Phi) is 6.74. The summed E-state index contributed by atoms with van der Waals surface area (Å²) in [5, 5.41) is 8.47. The van der Waals surface area contributed by atoms with Crippen molar-refractivity contribution in [2.75, 3.05) is 13.6 Å². The number of carboxylic acids is 1. The molecule has 6 heteroatoms. The molecule has 94 valence electrons. The molecular weight excluding hydrogens is 246 g/mol. The number of carbonyl (C=O) groups excluding carboxylic acids is 1. The van der Waals surface area contributed by atoms with Gasteiger partial charge in [0.1, 0.15) is 13.2 Å². The molecule has 0 bridgehead atoms. The Hall–Kier alpha value is -1.75. The number of hydrogen-bond acceptors (Lipinski definition) is 3. The molecule has 0 atom stereocenters. The number of likely N-dealkylation sites (N-methyl/N-ethyl adjacent to an activating group) is 1. The lowest BCUT2D eigenvalue weighted by Crippen LogP contribution is -2.32. The van der Waals surface area contributed by atoms with Gasteiger partial charge in [-0.2, -0.15) is 0 Å². The maximum absolute atomic E-state index is 11.3. The van der Waals surface area contributed by atoms with Gasteiger partial charge in [-0.05, 0) is 5.56 Å². The first-order valence-electron chi connectivity index (χ1n) is 4.73. The van der Waals surface area contributed by atoms with Gasteiger partial charge in [-0.15, -0.1) is 12.4 Å². The molecule has 0 unspecified atom stereocenters. The summed E-state index contributed by atoms with van der Waals surface area (Å²) in [5.74, 6) is -1.07. The highest BCUT2D eigenvalue weighted by Crippen LogP contribution is 2.02. The molecule has 1 aromatic rings. The van der Waals surface area contributed by atoms with Gasteiger partial charge >= 0.3 is 12.1 Å². The first-order valence-corrected chi connectivity index (χ1v) is 4.73. The number of amides is 1. The maximum Gasteiger partial charge on any atom is 0.410 e. The molecule has 0 aliphatic carbocycles. The largest absolute Gasteiger partial charge is 0.480 e. The highest BCUT2D eigenvalue weighted by molar-refractivity contribution is 5.85. The van der Waals surface area contributed by atoms with Crippen molar-refractivity contribution in [2.45, 2.75) is 6.61 Å². The van der Waals surface area contributed by atoms with Crippen molar-refractivity contribution in [3.63, 3.8) is 0 Å². The molecule has 0 fully saturated rings. The lowest BCUT2D eigenvalue weighted by atomic mass is 10.2. The number of carbonyl (C=O) groups is 2. The van der Waals surface area contributed by atoms with Crippen molar-refractivity contribution in [1.29, 1.82) is 0 Å². The highest BCUT2D eigenvalue weighted by atomic mass is 35.5. The van der Waals surface area contributed by atoms with E-state index >= 15 is 0 Å². The third-order valence-electron chi connectivity index (χ3n) is 1.89. The van der Waals surface area contributed by atoms with Gasteiger partial charge in [0, 0.05) is 7.05 Å². The molecular formula is C11H14ClNO4. The number of benzene rings is 1. The minimum absolute atomic E-state index is 0. The average molecular weight is 260 g/mol. The van der Waals surface area contributed by atoms with Crippen LogP contribution in [0.3, 0.4) is 0 Å². The zero-order chi connectivity index (χ0) is 12.0. The number of aliphatic carboxylic acids is 1. The van der Waals surface area contributed by atoms with Gasteiger partial charge in [0.2, 0.25) is 0 Å². The predicted molar refractivity (Wildman–Crippen MR) is 64.1 cm³/mol. The van der Waals surface area contributed by atoms with Crippen molar-refractivity contribution in [3.8, 4) is 0 Å². The first kappa shape index (κ1) is 15.2. The number of ether oxygens (including phenoxy) is 1. The van der Waals surface area contributed by atoms with E-state index < -0.39 is 12.1 Å². The Morgan fingerprint density at radius 3 is 2.41 bits per heavy atom. The van der Waals surface area contributed by atoms with Gasteiger partial charge in [0.25, 0.3) is 0 Å². The van der Waals surface area contributed by atoms with E-state index in [2.05, 4.69) is 0 Å². The molecule has 0 saturated carbocycles. The molecule has 0 spiro atoms. The van der Waals surface area contributed by atoms with Crippen molar-refractivity contribution in [2.24, 2.45) is 0 Å². The average Bonchev–Trinajstić information content (AvgIpc) is 2.26. The van der Waals surface area contributed by atoms with E-state index in [-0.39, 0.29) is 25.6 Å². The van der Waals surface area contributed by atoms with Crippen LogP contribution in [0.2, 0.25) is 0 Å². The Morgan fingerprint density at radius 1 is 1.29 bits per heavy atom. The van der Waals surface area contributed by atoms with Crippen LogP contribution in [-0.4, -0.2) is 35.7 Å². The summed E-state index contributed by atoms with van der Waals surface area (Å²) < 4.78 is 4.91. The van der Waals surface area contributed by atoms with Crippen LogP contribution in [0.25, 0.3) is 0 Å². The Bertz CT molecular complexity index is 369. The molecule has 0 heterocycles. The number of halogens is 1. The van der Waals surface area contributed by atoms with Crippen LogP contribution in [0.5, 0.6) is 0 Å². The van der Waals surface area contributed by atoms with Crippen LogP contribution >= 0.6 is 12.4 Å². The lowest BCUT2D eigenvalue weighted by Gasteiger charge is -2.14. The second-order valence-corrected chi connectivity index (χ2v) is 3.29. The van der Waals surface area contributed by atoms with E-state index in [4.69, 9.17) is 9.84 Å². The van der Waals surface area contributed by atoms with E-state index in [1.165, 1.54) is 7.05 Å². The van der Waals surface area contributed by atoms with E-state index in [1.54, 1.807) is 0 Å². The number of carboxylic acid groups (broad SMARTS) is 1. The molecule has 0 aromatic heterocycles. The number of nitrogens with zero attached hydrogens (tertiary/aromatic N) is 1. The quantitative estimate of drug-likeness (QED) is 0.895. The van der Waals surface area contributed by atoms with E-state index in [0.717, 1.165) is 10.5 Å². The monoisotopic (exact) mass is 259 g/mol. The summed E-state index contributed by atoms with van der Waals surface area (Å²) in [7, 11) is 1.38. The van der Waals surface area contributed by atoms with E-state index in [1.807, 2.05) is 30.3 Å². The molecule has 1 N–H and O–H groups in total. The van der Waals surface area contributed by atoms with Crippen molar-refractivity contribution in [1.82, 2.24) is 4.90 Å². The third-order valence-corrected chi connectivity index (χ3v) is 1.89. The standard InChI is InChI=1S/C11H13NO4.ClH/c1-12(7-10(13)14)11(15)16-8-9-5-3-2-4-6-9;/h2-6H,7-8H2,1H3,(H,13,14);1H. The molecule has 17 heavy (non-hydrogen) atoms. The molecule has 1 rings (SSSR count). The molecule has 5 nitrogen and oxygen atoms in total. The first-order chi connectivity index (χ1) is 7.59. The highest BCUT2D eigenvalue weighted by Gasteiger charge is 2.12. The Balaban J connectivity index is 0.00000256. The molecule has 1 aromatic carbocycles. The predicted octanol–water partition coefficient (Wildman–Crippen LogP) is 1.76. The molecule has 0 aliphatic rings. The van der Waals surface area contributed by atoms with Crippen LogP contribution < -0.4 is 0 Å². The second kappa shape index (κ2) is 7.51. The van der Waals surface area contributed by atoms with Crippen LogP contribution in [0.15, 0.2) is 30.3 Å². The SMILES string of the molecule is CN(CC(=O)O)C(=O)OCc1ccccc1.Cl. The van der Waals surface area contributed by atoms with Crippen molar-refractivity contribution >= 4 is 24.5 Å². The second-order valence-electron chi connectivity index (χ2n) is 3.29. The number of hydrogen-bond donors (Lipinski definition) is 1. The fraction of sp³-hybridized carbons (Fsp3) is 0.273. The Morgan fingerprint density at radius 2 is 1.88 bits per heavy atom. The minimum atomic E-state index is -1.07. The van der Waals surface area contributed by atoms with E-state index in [9.17, 15) is 9.59 Å².